The Morgan fingerprint density at radius 2 is 1.80 bits per heavy atom. The standard InChI is InChI=1S/C14H25NO5/c1-18-6-7-19-8-9-20-10-14(13(16)17,11-2-3-11)15-12-4-5-12/h11-12,15H,2-10H2,1H3,(H,16,17). The quantitative estimate of drug-likeness (QED) is 0.513. The lowest BCUT2D eigenvalue weighted by atomic mass is 9.94. The molecule has 0 aromatic carbocycles. The van der Waals surface area contributed by atoms with Gasteiger partial charge in [-0.1, -0.05) is 0 Å². The summed E-state index contributed by atoms with van der Waals surface area (Å²) in [5, 5.41) is 12.9. The number of rotatable bonds is 12. The van der Waals surface area contributed by atoms with Gasteiger partial charge >= 0.3 is 5.97 Å². The summed E-state index contributed by atoms with van der Waals surface area (Å²) in [7, 11) is 1.63. The van der Waals surface area contributed by atoms with E-state index < -0.39 is 11.5 Å². The van der Waals surface area contributed by atoms with Gasteiger partial charge in [0.1, 0.15) is 5.54 Å². The first-order valence-corrected chi connectivity index (χ1v) is 7.34. The van der Waals surface area contributed by atoms with Crippen molar-refractivity contribution < 1.29 is 24.1 Å². The maximum absolute atomic E-state index is 11.7. The normalized spacial score (nSPS) is 21.6. The number of methoxy groups -OCH3 is 1. The van der Waals surface area contributed by atoms with E-state index >= 15 is 0 Å². The molecule has 0 heterocycles. The monoisotopic (exact) mass is 287 g/mol. The van der Waals surface area contributed by atoms with Gasteiger partial charge in [0.2, 0.25) is 0 Å². The fraction of sp³-hybridized carbons (Fsp3) is 0.929. The van der Waals surface area contributed by atoms with Gasteiger partial charge in [-0.2, -0.15) is 0 Å². The van der Waals surface area contributed by atoms with Gasteiger partial charge in [0, 0.05) is 13.2 Å². The van der Waals surface area contributed by atoms with E-state index in [2.05, 4.69) is 5.32 Å². The highest BCUT2D eigenvalue weighted by atomic mass is 16.5. The average molecular weight is 287 g/mol. The third-order valence-electron chi connectivity index (χ3n) is 3.83. The van der Waals surface area contributed by atoms with Crippen LogP contribution in [0.3, 0.4) is 0 Å². The molecule has 2 aliphatic rings. The zero-order valence-corrected chi connectivity index (χ0v) is 12.1. The number of carboxylic acids is 1. The van der Waals surface area contributed by atoms with Crippen LogP contribution in [-0.2, 0) is 19.0 Å². The third kappa shape index (κ3) is 4.41. The summed E-state index contributed by atoms with van der Waals surface area (Å²) in [5.41, 5.74) is -0.895. The number of aliphatic carboxylic acids is 1. The lowest BCUT2D eigenvalue weighted by molar-refractivity contribution is -0.149. The van der Waals surface area contributed by atoms with E-state index in [0.29, 0.717) is 32.5 Å². The maximum Gasteiger partial charge on any atom is 0.326 e. The first-order chi connectivity index (χ1) is 9.69. The molecule has 1 atom stereocenters. The molecule has 0 spiro atoms. The molecule has 0 aromatic heterocycles. The number of hydrogen-bond acceptors (Lipinski definition) is 5. The highest BCUT2D eigenvalue weighted by Gasteiger charge is 2.53. The van der Waals surface area contributed by atoms with E-state index in [9.17, 15) is 9.90 Å². The van der Waals surface area contributed by atoms with E-state index in [4.69, 9.17) is 14.2 Å². The Hall–Kier alpha value is -0.690. The smallest absolute Gasteiger partial charge is 0.326 e. The van der Waals surface area contributed by atoms with Crippen LogP contribution in [0.1, 0.15) is 25.7 Å². The highest BCUT2D eigenvalue weighted by Crippen LogP contribution is 2.42. The predicted octanol–water partition coefficient (Wildman–Crippen LogP) is 0.651. The molecule has 116 valence electrons. The van der Waals surface area contributed by atoms with Crippen molar-refractivity contribution in [3.63, 3.8) is 0 Å². The Kier molecular flexibility index (Phi) is 5.77. The van der Waals surface area contributed by atoms with Crippen molar-refractivity contribution in [1.29, 1.82) is 0 Å². The minimum atomic E-state index is -0.895. The molecule has 2 rings (SSSR count). The molecule has 1 unspecified atom stereocenters. The van der Waals surface area contributed by atoms with Gasteiger partial charge in [0.25, 0.3) is 0 Å². The molecule has 2 N–H and O–H groups in total. The predicted molar refractivity (Wildman–Crippen MR) is 72.8 cm³/mol. The highest BCUT2D eigenvalue weighted by molar-refractivity contribution is 5.80. The number of hydrogen-bond donors (Lipinski definition) is 2. The fourth-order valence-electron chi connectivity index (χ4n) is 2.34. The first-order valence-electron chi connectivity index (χ1n) is 7.34. The minimum absolute atomic E-state index is 0.204. The molecule has 6 nitrogen and oxygen atoms in total. The Balaban J connectivity index is 1.71. The summed E-state index contributed by atoms with van der Waals surface area (Å²) < 4.78 is 15.7. The number of ether oxygens (including phenoxy) is 3. The van der Waals surface area contributed by atoms with Crippen LogP contribution in [-0.4, -0.2) is 62.8 Å². The average Bonchev–Trinajstić information content (AvgIpc) is 3.27. The third-order valence-corrected chi connectivity index (χ3v) is 3.83. The van der Waals surface area contributed by atoms with E-state index in [1.807, 2.05) is 0 Å². The molecule has 0 aromatic rings. The van der Waals surface area contributed by atoms with Crippen molar-refractivity contribution in [2.75, 3.05) is 40.1 Å². The van der Waals surface area contributed by atoms with Gasteiger partial charge < -0.3 is 19.3 Å². The van der Waals surface area contributed by atoms with E-state index in [1.165, 1.54) is 0 Å². The molecule has 0 bridgehead atoms. The van der Waals surface area contributed by atoms with Crippen LogP contribution in [0.25, 0.3) is 0 Å². The Morgan fingerprint density at radius 3 is 2.35 bits per heavy atom. The van der Waals surface area contributed by atoms with Crippen molar-refractivity contribution >= 4 is 5.97 Å². The van der Waals surface area contributed by atoms with Crippen LogP contribution >= 0.6 is 0 Å². The molecule has 2 aliphatic carbocycles. The molecule has 6 heteroatoms. The Labute approximate surface area is 119 Å². The summed E-state index contributed by atoms with van der Waals surface area (Å²) in [6, 6.07) is 0.355. The molecule has 0 radical (unpaired) electrons. The van der Waals surface area contributed by atoms with Crippen molar-refractivity contribution in [2.24, 2.45) is 5.92 Å². The molecule has 0 saturated heterocycles. The SMILES string of the molecule is COCCOCCOCC(NC1CC1)(C(=O)O)C1CC1. The van der Waals surface area contributed by atoms with Crippen LogP contribution in [0, 0.1) is 5.92 Å². The van der Waals surface area contributed by atoms with Gasteiger partial charge in [-0.15, -0.1) is 0 Å². The summed E-state index contributed by atoms with van der Waals surface area (Å²) in [5.74, 6) is -0.581. The molecule has 0 amide bonds. The van der Waals surface area contributed by atoms with Crippen molar-refractivity contribution in [3.8, 4) is 0 Å². The number of carboxylic acid groups (broad SMARTS) is 1. The van der Waals surface area contributed by atoms with Gasteiger partial charge in [-0.3, -0.25) is 10.1 Å². The van der Waals surface area contributed by atoms with Crippen LogP contribution in [0.4, 0.5) is 0 Å². The summed E-state index contributed by atoms with van der Waals surface area (Å²) >= 11 is 0. The second-order valence-electron chi connectivity index (χ2n) is 5.63. The van der Waals surface area contributed by atoms with E-state index in [0.717, 1.165) is 25.7 Å². The second kappa shape index (κ2) is 7.36. The van der Waals surface area contributed by atoms with Gasteiger partial charge in [0.05, 0.1) is 33.0 Å². The number of carbonyl (C=O) groups is 1. The van der Waals surface area contributed by atoms with Crippen LogP contribution < -0.4 is 5.32 Å². The van der Waals surface area contributed by atoms with Gasteiger partial charge in [0.15, 0.2) is 0 Å². The van der Waals surface area contributed by atoms with Gasteiger partial charge in [-0.25, -0.2) is 0 Å². The summed E-state index contributed by atoms with van der Waals surface area (Å²) in [6.45, 7) is 2.19. The molecular weight excluding hydrogens is 262 g/mol. The van der Waals surface area contributed by atoms with Crippen LogP contribution in [0.5, 0.6) is 0 Å². The lowest BCUT2D eigenvalue weighted by Gasteiger charge is -2.30. The zero-order chi connectivity index (χ0) is 14.4. The number of nitrogens with one attached hydrogen (secondary N) is 1. The molecule has 0 aliphatic heterocycles. The zero-order valence-electron chi connectivity index (χ0n) is 12.1. The molecular formula is C14H25NO5. The van der Waals surface area contributed by atoms with Crippen molar-refractivity contribution in [3.05, 3.63) is 0 Å². The fourth-order valence-corrected chi connectivity index (χ4v) is 2.34. The Morgan fingerprint density at radius 1 is 1.15 bits per heavy atom. The topological polar surface area (TPSA) is 77.0 Å². The molecule has 20 heavy (non-hydrogen) atoms. The lowest BCUT2D eigenvalue weighted by Crippen LogP contribution is -2.58. The summed E-state index contributed by atoms with van der Waals surface area (Å²) in [6.07, 6.45) is 4.09. The van der Waals surface area contributed by atoms with Crippen LogP contribution in [0.2, 0.25) is 0 Å². The van der Waals surface area contributed by atoms with Gasteiger partial charge in [-0.05, 0) is 31.6 Å². The molecule has 2 fully saturated rings. The molecule has 2 saturated carbocycles. The van der Waals surface area contributed by atoms with Crippen molar-refractivity contribution in [1.82, 2.24) is 5.32 Å². The maximum atomic E-state index is 11.7. The van der Waals surface area contributed by atoms with E-state index in [-0.39, 0.29) is 12.5 Å². The van der Waals surface area contributed by atoms with Crippen LogP contribution in [0.15, 0.2) is 0 Å². The first kappa shape index (κ1) is 15.7. The Bertz CT molecular complexity index is 317. The van der Waals surface area contributed by atoms with Crippen molar-refractivity contribution in [2.45, 2.75) is 37.3 Å². The largest absolute Gasteiger partial charge is 0.480 e. The summed E-state index contributed by atoms with van der Waals surface area (Å²) in [4.78, 5) is 11.7. The second-order valence-corrected chi connectivity index (χ2v) is 5.63. The van der Waals surface area contributed by atoms with E-state index in [1.54, 1.807) is 7.11 Å². The minimum Gasteiger partial charge on any atom is -0.480 e.